The molecule has 0 aromatic heterocycles. The lowest BCUT2D eigenvalue weighted by Crippen LogP contribution is -2.35. The van der Waals surface area contributed by atoms with E-state index < -0.39 is 0 Å². The van der Waals surface area contributed by atoms with Crippen molar-refractivity contribution in [2.45, 2.75) is 51.4 Å². The van der Waals surface area contributed by atoms with Gasteiger partial charge in [0.15, 0.2) is 0 Å². The standard InChI is InChI=1S/C11H23NO2/c1-9(13)7-12(4)8-10-5-6-11(2,3)14-10/h9-10,13H,5-8H2,1-4H3. The Hall–Kier alpha value is -0.120. The minimum Gasteiger partial charge on any atom is -0.392 e. The van der Waals surface area contributed by atoms with E-state index in [1.165, 1.54) is 0 Å². The first-order chi connectivity index (χ1) is 6.39. The summed E-state index contributed by atoms with van der Waals surface area (Å²) >= 11 is 0. The Balaban J connectivity index is 2.25. The van der Waals surface area contributed by atoms with Crippen LogP contribution < -0.4 is 0 Å². The van der Waals surface area contributed by atoms with Crippen molar-refractivity contribution in [2.24, 2.45) is 0 Å². The van der Waals surface area contributed by atoms with Gasteiger partial charge in [-0.2, -0.15) is 0 Å². The van der Waals surface area contributed by atoms with E-state index in [1.54, 1.807) is 0 Å². The highest BCUT2D eigenvalue weighted by Crippen LogP contribution is 2.29. The van der Waals surface area contributed by atoms with Crippen molar-refractivity contribution in [3.8, 4) is 0 Å². The number of rotatable bonds is 4. The van der Waals surface area contributed by atoms with Crippen molar-refractivity contribution in [1.29, 1.82) is 0 Å². The fourth-order valence-electron chi connectivity index (χ4n) is 2.08. The normalized spacial score (nSPS) is 28.3. The van der Waals surface area contributed by atoms with Crippen LogP contribution in [0.4, 0.5) is 0 Å². The second-order valence-corrected chi connectivity index (χ2v) is 5.11. The number of ether oxygens (including phenoxy) is 1. The first-order valence-electron chi connectivity index (χ1n) is 5.43. The van der Waals surface area contributed by atoms with Crippen LogP contribution in [0.25, 0.3) is 0 Å². The third-order valence-corrected chi connectivity index (χ3v) is 2.65. The summed E-state index contributed by atoms with van der Waals surface area (Å²) in [5, 5.41) is 9.22. The van der Waals surface area contributed by atoms with Crippen molar-refractivity contribution >= 4 is 0 Å². The summed E-state index contributed by atoms with van der Waals surface area (Å²) in [6, 6.07) is 0. The third-order valence-electron chi connectivity index (χ3n) is 2.65. The number of likely N-dealkylation sites (N-methyl/N-ethyl adjacent to an activating group) is 1. The van der Waals surface area contributed by atoms with Crippen LogP contribution in [0.1, 0.15) is 33.6 Å². The number of aliphatic hydroxyl groups excluding tert-OH is 1. The average Bonchev–Trinajstić information content (AvgIpc) is 2.27. The number of nitrogens with zero attached hydrogens (tertiary/aromatic N) is 1. The van der Waals surface area contributed by atoms with Gasteiger partial charge in [-0.1, -0.05) is 0 Å². The molecule has 0 aromatic rings. The maximum Gasteiger partial charge on any atom is 0.0710 e. The summed E-state index contributed by atoms with van der Waals surface area (Å²) in [7, 11) is 2.03. The molecule has 3 nitrogen and oxygen atoms in total. The average molecular weight is 201 g/mol. The Morgan fingerprint density at radius 3 is 2.64 bits per heavy atom. The molecule has 0 spiro atoms. The summed E-state index contributed by atoms with van der Waals surface area (Å²) in [6.45, 7) is 7.74. The maximum absolute atomic E-state index is 9.22. The first-order valence-corrected chi connectivity index (χ1v) is 5.43. The van der Waals surface area contributed by atoms with Crippen LogP contribution in [-0.2, 0) is 4.74 Å². The van der Waals surface area contributed by atoms with Gasteiger partial charge in [0.1, 0.15) is 0 Å². The zero-order valence-corrected chi connectivity index (χ0v) is 9.79. The Bertz CT molecular complexity index is 180. The fraction of sp³-hybridized carbons (Fsp3) is 1.00. The van der Waals surface area contributed by atoms with Crippen LogP contribution in [0, 0.1) is 0 Å². The molecule has 1 fully saturated rings. The van der Waals surface area contributed by atoms with Crippen LogP contribution >= 0.6 is 0 Å². The SMILES string of the molecule is CC(O)CN(C)CC1CCC(C)(C)O1. The number of hydrogen-bond acceptors (Lipinski definition) is 3. The van der Waals surface area contributed by atoms with E-state index in [1.807, 2.05) is 14.0 Å². The Morgan fingerprint density at radius 2 is 2.21 bits per heavy atom. The fourth-order valence-corrected chi connectivity index (χ4v) is 2.08. The Kier molecular flexibility index (Phi) is 3.93. The van der Waals surface area contributed by atoms with Crippen LogP contribution in [0.5, 0.6) is 0 Å². The van der Waals surface area contributed by atoms with Crippen LogP contribution in [0.3, 0.4) is 0 Å². The molecule has 1 saturated heterocycles. The molecule has 0 amide bonds. The lowest BCUT2D eigenvalue weighted by atomic mass is 10.1. The Morgan fingerprint density at radius 1 is 1.57 bits per heavy atom. The number of aliphatic hydroxyl groups is 1. The van der Waals surface area contributed by atoms with Gasteiger partial charge in [-0.15, -0.1) is 0 Å². The topological polar surface area (TPSA) is 32.7 Å². The van der Waals surface area contributed by atoms with Gasteiger partial charge in [-0.3, -0.25) is 0 Å². The predicted molar refractivity (Wildman–Crippen MR) is 57.4 cm³/mol. The molecule has 0 saturated carbocycles. The first kappa shape index (κ1) is 12.0. The highest BCUT2D eigenvalue weighted by Gasteiger charge is 2.31. The molecule has 2 atom stereocenters. The molecule has 3 heteroatoms. The zero-order valence-electron chi connectivity index (χ0n) is 9.79. The van der Waals surface area contributed by atoms with Gasteiger partial charge in [-0.05, 0) is 40.7 Å². The van der Waals surface area contributed by atoms with Gasteiger partial charge in [0, 0.05) is 13.1 Å². The summed E-state index contributed by atoms with van der Waals surface area (Å²) in [5.74, 6) is 0. The van der Waals surface area contributed by atoms with E-state index >= 15 is 0 Å². The van der Waals surface area contributed by atoms with Gasteiger partial charge in [0.25, 0.3) is 0 Å². The van der Waals surface area contributed by atoms with E-state index in [0.29, 0.717) is 6.10 Å². The Labute approximate surface area is 87.1 Å². The highest BCUT2D eigenvalue weighted by atomic mass is 16.5. The lowest BCUT2D eigenvalue weighted by Gasteiger charge is -2.24. The zero-order chi connectivity index (χ0) is 10.8. The summed E-state index contributed by atoms with van der Waals surface area (Å²) in [5.41, 5.74) is 0.0519. The molecule has 1 rings (SSSR count). The summed E-state index contributed by atoms with van der Waals surface area (Å²) in [6.07, 6.45) is 2.36. The molecule has 1 N–H and O–H groups in total. The van der Waals surface area contributed by atoms with Crippen molar-refractivity contribution < 1.29 is 9.84 Å². The summed E-state index contributed by atoms with van der Waals surface area (Å²) < 4.78 is 5.88. The number of hydrogen-bond donors (Lipinski definition) is 1. The van der Waals surface area contributed by atoms with Crippen molar-refractivity contribution in [1.82, 2.24) is 4.90 Å². The molecule has 0 aromatic carbocycles. The van der Waals surface area contributed by atoms with Crippen molar-refractivity contribution in [2.75, 3.05) is 20.1 Å². The van der Waals surface area contributed by atoms with Gasteiger partial charge in [0.05, 0.1) is 17.8 Å². The van der Waals surface area contributed by atoms with Crippen molar-refractivity contribution in [3.05, 3.63) is 0 Å². The molecule has 1 heterocycles. The molecule has 84 valence electrons. The molecule has 14 heavy (non-hydrogen) atoms. The molecule has 2 unspecified atom stereocenters. The van der Waals surface area contributed by atoms with E-state index in [4.69, 9.17) is 4.74 Å². The predicted octanol–water partition coefficient (Wildman–Crippen LogP) is 1.26. The molecule has 0 bridgehead atoms. The molecule has 1 aliphatic rings. The minimum atomic E-state index is -0.255. The highest BCUT2D eigenvalue weighted by molar-refractivity contribution is 4.82. The summed E-state index contributed by atoms with van der Waals surface area (Å²) in [4.78, 5) is 2.14. The van der Waals surface area contributed by atoms with Crippen LogP contribution in [0.15, 0.2) is 0 Å². The molecule has 0 aliphatic carbocycles. The molecule has 0 radical (unpaired) electrons. The van der Waals surface area contributed by atoms with Gasteiger partial charge < -0.3 is 14.7 Å². The lowest BCUT2D eigenvalue weighted by molar-refractivity contribution is -0.0288. The smallest absolute Gasteiger partial charge is 0.0710 e. The van der Waals surface area contributed by atoms with Gasteiger partial charge in [0.2, 0.25) is 0 Å². The van der Waals surface area contributed by atoms with Gasteiger partial charge >= 0.3 is 0 Å². The van der Waals surface area contributed by atoms with E-state index in [2.05, 4.69) is 18.7 Å². The third kappa shape index (κ3) is 3.95. The van der Waals surface area contributed by atoms with E-state index in [9.17, 15) is 5.11 Å². The second-order valence-electron chi connectivity index (χ2n) is 5.11. The van der Waals surface area contributed by atoms with E-state index in [0.717, 1.165) is 25.9 Å². The molecular weight excluding hydrogens is 178 g/mol. The molecule has 1 aliphatic heterocycles. The second kappa shape index (κ2) is 4.60. The quantitative estimate of drug-likeness (QED) is 0.743. The maximum atomic E-state index is 9.22. The minimum absolute atomic E-state index is 0.0519. The monoisotopic (exact) mass is 201 g/mol. The largest absolute Gasteiger partial charge is 0.392 e. The van der Waals surface area contributed by atoms with E-state index in [-0.39, 0.29) is 11.7 Å². The van der Waals surface area contributed by atoms with Crippen LogP contribution in [-0.4, -0.2) is 48.0 Å². The van der Waals surface area contributed by atoms with Crippen molar-refractivity contribution in [3.63, 3.8) is 0 Å². The van der Waals surface area contributed by atoms with Crippen LogP contribution in [0.2, 0.25) is 0 Å². The van der Waals surface area contributed by atoms with Gasteiger partial charge in [-0.25, -0.2) is 0 Å². The molecular formula is C11H23NO2.